The number of hydrogen-bond donors (Lipinski definition) is 1. The first-order valence-electron chi connectivity index (χ1n) is 11.6. The summed E-state index contributed by atoms with van der Waals surface area (Å²) in [6.07, 6.45) is 3.25. The molecule has 1 saturated heterocycles. The molecule has 7 heteroatoms. The summed E-state index contributed by atoms with van der Waals surface area (Å²) in [6, 6.07) is 19.0. The summed E-state index contributed by atoms with van der Waals surface area (Å²) in [5, 5.41) is 3.15. The highest BCUT2D eigenvalue weighted by Gasteiger charge is 2.28. The number of para-hydroxylation sites is 2. The minimum atomic E-state index is -0.415. The minimum Gasteiger partial charge on any atom is -0.493 e. The third-order valence-electron chi connectivity index (χ3n) is 6.17. The lowest BCUT2D eigenvalue weighted by molar-refractivity contribution is -0.127. The fourth-order valence-corrected chi connectivity index (χ4v) is 4.23. The lowest BCUT2D eigenvalue weighted by Gasteiger charge is -2.32. The molecule has 0 aliphatic carbocycles. The molecule has 1 fully saturated rings. The third kappa shape index (κ3) is 6.11. The predicted molar refractivity (Wildman–Crippen MR) is 128 cm³/mol. The fraction of sp³-hybridized carbons (Fsp3) is 0.333. The Morgan fingerprint density at radius 2 is 1.76 bits per heavy atom. The Kier molecular flexibility index (Phi) is 8.09. The Labute approximate surface area is 199 Å². The first-order valence-corrected chi connectivity index (χ1v) is 11.6. The maximum atomic E-state index is 13.4. The second-order valence-electron chi connectivity index (χ2n) is 8.36. The van der Waals surface area contributed by atoms with E-state index in [4.69, 9.17) is 9.47 Å². The average molecular weight is 464 g/mol. The minimum absolute atomic E-state index is 0.00454. The number of nitrogens with zero attached hydrogens (tertiary/aromatic N) is 2. The van der Waals surface area contributed by atoms with E-state index in [1.54, 1.807) is 25.4 Å². The molecule has 0 saturated carbocycles. The van der Waals surface area contributed by atoms with Crippen LogP contribution in [0.4, 0.5) is 4.39 Å². The standard InChI is InChI=1S/C27H30FN3O3/c1-33-24-7-2-3-8-25(24)34-19-18-31-16-13-21(14-17-31)27(32)30-26(23-6-4-5-15-29-23)20-9-11-22(28)12-10-20/h2-12,15,21,26H,13-14,16-19H2,1H3,(H,30,32). The number of nitrogens with one attached hydrogen (secondary N) is 1. The van der Waals surface area contributed by atoms with Crippen LogP contribution in [0.3, 0.4) is 0 Å². The van der Waals surface area contributed by atoms with Gasteiger partial charge in [-0.1, -0.05) is 30.3 Å². The summed E-state index contributed by atoms with van der Waals surface area (Å²) in [5.74, 6) is 1.09. The Hall–Kier alpha value is -3.45. The molecule has 4 rings (SSSR count). The number of amides is 1. The van der Waals surface area contributed by atoms with Crippen LogP contribution in [0.15, 0.2) is 72.9 Å². The van der Waals surface area contributed by atoms with Crippen molar-refractivity contribution >= 4 is 5.91 Å². The van der Waals surface area contributed by atoms with E-state index in [9.17, 15) is 9.18 Å². The van der Waals surface area contributed by atoms with Gasteiger partial charge in [-0.25, -0.2) is 4.39 Å². The van der Waals surface area contributed by atoms with Gasteiger partial charge in [-0.3, -0.25) is 14.7 Å². The fourth-order valence-electron chi connectivity index (χ4n) is 4.23. The molecular formula is C27H30FN3O3. The monoisotopic (exact) mass is 463 g/mol. The number of carbonyl (C=O) groups is 1. The van der Waals surface area contributed by atoms with Crippen LogP contribution in [0.2, 0.25) is 0 Å². The van der Waals surface area contributed by atoms with Crippen molar-refractivity contribution in [3.05, 3.63) is 90.0 Å². The second kappa shape index (κ2) is 11.6. The molecule has 3 aromatic rings. The lowest BCUT2D eigenvalue weighted by Crippen LogP contribution is -2.43. The maximum absolute atomic E-state index is 13.4. The first-order chi connectivity index (χ1) is 16.6. The number of rotatable bonds is 9. The zero-order valence-corrected chi connectivity index (χ0v) is 19.3. The summed E-state index contributed by atoms with van der Waals surface area (Å²) in [5.41, 5.74) is 1.53. The van der Waals surface area contributed by atoms with Crippen LogP contribution in [0.25, 0.3) is 0 Å². The van der Waals surface area contributed by atoms with Gasteiger partial charge in [-0.2, -0.15) is 0 Å². The molecule has 0 spiro atoms. The number of likely N-dealkylation sites (tertiary alicyclic amines) is 1. The Balaban J connectivity index is 1.30. The molecule has 1 aromatic heterocycles. The predicted octanol–water partition coefficient (Wildman–Crippen LogP) is 4.23. The largest absolute Gasteiger partial charge is 0.493 e. The summed E-state index contributed by atoms with van der Waals surface area (Å²) < 4.78 is 24.7. The molecular weight excluding hydrogens is 433 g/mol. The topological polar surface area (TPSA) is 63.7 Å². The highest BCUT2D eigenvalue weighted by Crippen LogP contribution is 2.26. The van der Waals surface area contributed by atoms with Gasteiger partial charge < -0.3 is 14.8 Å². The van der Waals surface area contributed by atoms with Gasteiger partial charge in [0.1, 0.15) is 12.4 Å². The average Bonchev–Trinajstić information content (AvgIpc) is 2.89. The van der Waals surface area contributed by atoms with Crippen molar-refractivity contribution in [3.8, 4) is 11.5 Å². The number of halogens is 1. The van der Waals surface area contributed by atoms with Crippen molar-refractivity contribution < 1.29 is 18.7 Å². The number of carbonyl (C=O) groups excluding carboxylic acids is 1. The molecule has 6 nitrogen and oxygen atoms in total. The van der Waals surface area contributed by atoms with Crippen LogP contribution < -0.4 is 14.8 Å². The number of methoxy groups -OCH3 is 1. The van der Waals surface area contributed by atoms with Crippen molar-refractivity contribution in [1.82, 2.24) is 15.2 Å². The van der Waals surface area contributed by atoms with Gasteiger partial charge in [0.05, 0.1) is 18.8 Å². The highest BCUT2D eigenvalue weighted by atomic mass is 19.1. The number of ether oxygens (including phenoxy) is 2. The van der Waals surface area contributed by atoms with Crippen LogP contribution in [0.1, 0.15) is 30.1 Å². The summed E-state index contributed by atoms with van der Waals surface area (Å²) in [6.45, 7) is 3.01. The molecule has 1 unspecified atom stereocenters. The number of piperidine rings is 1. The molecule has 178 valence electrons. The van der Waals surface area contributed by atoms with E-state index in [1.807, 2.05) is 42.5 Å². The van der Waals surface area contributed by atoms with E-state index in [-0.39, 0.29) is 17.6 Å². The molecule has 34 heavy (non-hydrogen) atoms. The van der Waals surface area contributed by atoms with E-state index < -0.39 is 6.04 Å². The van der Waals surface area contributed by atoms with Crippen LogP contribution in [0.5, 0.6) is 11.5 Å². The summed E-state index contributed by atoms with van der Waals surface area (Å²) >= 11 is 0. The summed E-state index contributed by atoms with van der Waals surface area (Å²) in [4.78, 5) is 19.9. The number of hydrogen-bond acceptors (Lipinski definition) is 5. The highest BCUT2D eigenvalue weighted by molar-refractivity contribution is 5.79. The SMILES string of the molecule is COc1ccccc1OCCN1CCC(C(=O)NC(c2ccc(F)cc2)c2ccccn2)CC1. The zero-order chi connectivity index (χ0) is 23.8. The zero-order valence-electron chi connectivity index (χ0n) is 19.3. The van der Waals surface area contributed by atoms with Gasteiger partial charge in [0.2, 0.25) is 5.91 Å². The molecule has 1 aliphatic heterocycles. The van der Waals surface area contributed by atoms with E-state index in [2.05, 4.69) is 15.2 Å². The van der Waals surface area contributed by atoms with Crippen molar-refractivity contribution in [3.63, 3.8) is 0 Å². The van der Waals surface area contributed by atoms with Gasteiger partial charge in [0.15, 0.2) is 11.5 Å². The maximum Gasteiger partial charge on any atom is 0.224 e. The molecule has 1 atom stereocenters. The van der Waals surface area contributed by atoms with Crippen LogP contribution in [-0.4, -0.2) is 49.1 Å². The Morgan fingerprint density at radius 3 is 2.44 bits per heavy atom. The number of pyridine rings is 1. The smallest absolute Gasteiger partial charge is 0.224 e. The van der Waals surface area contributed by atoms with Crippen molar-refractivity contribution in [2.75, 3.05) is 33.4 Å². The normalized spacial score (nSPS) is 15.5. The van der Waals surface area contributed by atoms with Crippen LogP contribution in [0, 0.1) is 11.7 Å². The van der Waals surface area contributed by atoms with Gasteiger partial charge in [0.25, 0.3) is 0 Å². The van der Waals surface area contributed by atoms with Crippen molar-refractivity contribution in [2.45, 2.75) is 18.9 Å². The van der Waals surface area contributed by atoms with E-state index in [0.29, 0.717) is 6.61 Å². The Morgan fingerprint density at radius 1 is 1.06 bits per heavy atom. The van der Waals surface area contributed by atoms with Crippen molar-refractivity contribution in [1.29, 1.82) is 0 Å². The van der Waals surface area contributed by atoms with Crippen LogP contribution in [-0.2, 0) is 4.79 Å². The molecule has 0 radical (unpaired) electrons. The molecule has 1 N–H and O–H groups in total. The third-order valence-corrected chi connectivity index (χ3v) is 6.17. The van der Waals surface area contributed by atoms with Crippen molar-refractivity contribution in [2.24, 2.45) is 5.92 Å². The first kappa shape index (κ1) is 23.7. The van der Waals surface area contributed by atoms with Gasteiger partial charge in [-0.05, 0) is 67.9 Å². The van der Waals surface area contributed by atoms with Gasteiger partial charge >= 0.3 is 0 Å². The molecule has 0 bridgehead atoms. The second-order valence-corrected chi connectivity index (χ2v) is 8.36. The van der Waals surface area contributed by atoms with E-state index in [1.165, 1.54) is 12.1 Å². The van der Waals surface area contributed by atoms with E-state index in [0.717, 1.165) is 55.2 Å². The van der Waals surface area contributed by atoms with E-state index >= 15 is 0 Å². The Bertz CT molecular complexity index is 1050. The number of aromatic nitrogens is 1. The summed E-state index contributed by atoms with van der Waals surface area (Å²) in [7, 11) is 1.63. The van der Waals surface area contributed by atoms with Gasteiger partial charge in [0, 0.05) is 18.7 Å². The quantitative estimate of drug-likeness (QED) is 0.515. The number of benzene rings is 2. The molecule has 1 aliphatic rings. The molecule has 2 aromatic carbocycles. The van der Waals surface area contributed by atoms with Gasteiger partial charge in [-0.15, -0.1) is 0 Å². The van der Waals surface area contributed by atoms with Crippen LogP contribution >= 0.6 is 0 Å². The lowest BCUT2D eigenvalue weighted by atomic mass is 9.94. The molecule has 1 amide bonds. The molecule has 2 heterocycles.